The average Bonchev–Trinajstić information content (AvgIpc) is 3.37. The summed E-state index contributed by atoms with van der Waals surface area (Å²) in [6.07, 6.45) is 0.578. The van der Waals surface area contributed by atoms with Crippen molar-refractivity contribution < 1.29 is 18.3 Å². The highest BCUT2D eigenvalue weighted by atomic mass is 32.2. The standard InChI is InChI=1S/C19H19N5O2S.CH2O2/c1-11-9-16(18-14-5-3-4-6-15(14)21-22-18)20-19-17(11)12(2)23-24(19)13-7-8-27(25,26)10-13;2-1-3/h3-6,9,13H,7-8,10H2,1-2H3,(H,21,22);1H,(H,2,3). The molecule has 1 aromatic carbocycles. The van der Waals surface area contributed by atoms with E-state index in [0.29, 0.717) is 6.42 Å². The fourth-order valence-corrected chi connectivity index (χ4v) is 5.72. The van der Waals surface area contributed by atoms with Gasteiger partial charge in [-0.1, -0.05) is 18.2 Å². The minimum Gasteiger partial charge on any atom is -0.483 e. The van der Waals surface area contributed by atoms with Crippen LogP contribution in [0.15, 0.2) is 30.3 Å². The first-order chi connectivity index (χ1) is 14.3. The summed E-state index contributed by atoms with van der Waals surface area (Å²) in [6.45, 7) is 3.73. The summed E-state index contributed by atoms with van der Waals surface area (Å²) in [5.41, 5.74) is 5.18. The monoisotopic (exact) mass is 427 g/mol. The molecule has 2 N–H and O–H groups in total. The van der Waals surface area contributed by atoms with Gasteiger partial charge in [0.1, 0.15) is 5.69 Å². The van der Waals surface area contributed by atoms with E-state index in [1.807, 2.05) is 44.2 Å². The number of aromatic amines is 1. The minimum absolute atomic E-state index is 0.125. The summed E-state index contributed by atoms with van der Waals surface area (Å²) in [5.74, 6) is 0.334. The predicted molar refractivity (Wildman–Crippen MR) is 113 cm³/mol. The average molecular weight is 427 g/mol. The maximum Gasteiger partial charge on any atom is 0.290 e. The minimum atomic E-state index is -3.00. The lowest BCUT2D eigenvalue weighted by Gasteiger charge is -2.10. The van der Waals surface area contributed by atoms with Crippen molar-refractivity contribution in [1.29, 1.82) is 0 Å². The molecule has 4 heterocycles. The van der Waals surface area contributed by atoms with Crippen molar-refractivity contribution in [2.24, 2.45) is 0 Å². The maximum atomic E-state index is 11.9. The number of benzene rings is 1. The van der Waals surface area contributed by atoms with Crippen LogP contribution in [-0.2, 0) is 14.6 Å². The lowest BCUT2D eigenvalue weighted by atomic mass is 10.1. The summed E-state index contributed by atoms with van der Waals surface area (Å²) in [4.78, 5) is 13.2. The Kier molecular flexibility index (Phi) is 5.02. The predicted octanol–water partition coefficient (Wildman–Crippen LogP) is 2.65. The molecule has 0 saturated carbocycles. The van der Waals surface area contributed by atoms with Gasteiger partial charge in [0.25, 0.3) is 6.47 Å². The topological polar surface area (TPSA) is 131 Å². The fraction of sp³-hybridized carbons (Fsp3) is 0.300. The molecule has 0 aliphatic carbocycles. The molecule has 0 spiro atoms. The van der Waals surface area contributed by atoms with Gasteiger partial charge in [-0.3, -0.25) is 9.89 Å². The molecule has 0 amide bonds. The Hall–Kier alpha value is -3.27. The van der Waals surface area contributed by atoms with Crippen LogP contribution in [0, 0.1) is 13.8 Å². The molecule has 10 heteroatoms. The van der Waals surface area contributed by atoms with Crippen LogP contribution in [0.5, 0.6) is 0 Å². The van der Waals surface area contributed by atoms with Gasteiger partial charge in [-0.2, -0.15) is 10.2 Å². The van der Waals surface area contributed by atoms with Crippen molar-refractivity contribution in [1.82, 2.24) is 25.0 Å². The van der Waals surface area contributed by atoms with E-state index in [9.17, 15) is 8.42 Å². The van der Waals surface area contributed by atoms with Crippen LogP contribution >= 0.6 is 0 Å². The molecule has 1 unspecified atom stereocenters. The quantitative estimate of drug-likeness (QED) is 0.470. The van der Waals surface area contributed by atoms with Crippen molar-refractivity contribution in [2.45, 2.75) is 26.3 Å². The van der Waals surface area contributed by atoms with E-state index < -0.39 is 9.84 Å². The summed E-state index contributed by atoms with van der Waals surface area (Å²) in [7, 11) is -3.00. The number of para-hydroxylation sites is 1. The Balaban J connectivity index is 0.000000687. The van der Waals surface area contributed by atoms with E-state index in [2.05, 4.69) is 15.3 Å². The number of fused-ring (bicyclic) bond motifs is 2. The number of carboxylic acid groups (broad SMARTS) is 1. The fourth-order valence-electron chi connectivity index (χ4n) is 4.03. The molecule has 1 saturated heterocycles. The molecule has 30 heavy (non-hydrogen) atoms. The molecule has 3 aromatic heterocycles. The highest BCUT2D eigenvalue weighted by Gasteiger charge is 2.31. The van der Waals surface area contributed by atoms with E-state index in [1.54, 1.807) is 4.68 Å². The van der Waals surface area contributed by atoms with E-state index in [1.165, 1.54) is 0 Å². The molecule has 0 radical (unpaired) electrons. The molecule has 5 rings (SSSR count). The number of H-pyrrole nitrogens is 1. The zero-order chi connectivity index (χ0) is 21.5. The highest BCUT2D eigenvalue weighted by molar-refractivity contribution is 7.91. The van der Waals surface area contributed by atoms with Crippen LogP contribution in [0.1, 0.15) is 23.7 Å². The first kappa shape index (κ1) is 20.0. The normalized spacial score (nSPS) is 17.7. The van der Waals surface area contributed by atoms with Crippen LogP contribution in [0.3, 0.4) is 0 Å². The lowest BCUT2D eigenvalue weighted by molar-refractivity contribution is -0.122. The molecule has 1 aliphatic rings. The van der Waals surface area contributed by atoms with Gasteiger partial charge in [0, 0.05) is 10.8 Å². The van der Waals surface area contributed by atoms with Gasteiger partial charge in [-0.05, 0) is 38.0 Å². The first-order valence-electron chi connectivity index (χ1n) is 9.43. The third kappa shape index (κ3) is 3.43. The second-order valence-electron chi connectivity index (χ2n) is 7.33. The summed E-state index contributed by atoms with van der Waals surface area (Å²) < 4.78 is 25.7. The molecule has 1 aliphatic heterocycles. The van der Waals surface area contributed by atoms with Crippen LogP contribution in [0.2, 0.25) is 0 Å². The number of aryl methyl sites for hydroxylation is 2. The Morgan fingerprint density at radius 1 is 1.27 bits per heavy atom. The van der Waals surface area contributed by atoms with E-state index >= 15 is 0 Å². The Morgan fingerprint density at radius 3 is 2.70 bits per heavy atom. The second kappa shape index (κ2) is 7.52. The third-order valence-corrected chi connectivity index (χ3v) is 7.05. The molecule has 9 nitrogen and oxygen atoms in total. The maximum absolute atomic E-state index is 11.9. The second-order valence-corrected chi connectivity index (χ2v) is 9.56. The van der Waals surface area contributed by atoms with Gasteiger partial charge in [0.05, 0.1) is 34.5 Å². The van der Waals surface area contributed by atoms with Gasteiger partial charge in [0.2, 0.25) is 0 Å². The molecule has 0 bridgehead atoms. The Bertz CT molecular complexity index is 1360. The van der Waals surface area contributed by atoms with Crippen LogP contribution in [0.25, 0.3) is 33.3 Å². The molecule has 156 valence electrons. The molecular weight excluding hydrogens is 406 g/mol. The van der Waals surface area contributed by atoms with Gasteiger partial charge in [0.15, 0.2) is 15.5 Å². The van der Waals surface area contributed by atoms with E-state index in [4.69, 9.17) is 14.9 Å². The first-order valence-corrected chi connectivity index (χ1v) is 11.2. The Labute approximate surface area is 172 Å². The lowest BCUT2D eigenvalue weighted by Crippen LogP contribution is -2.13. The smallest absolute Gasteiger partial charge is 0.290 e. The van der Waals surface area contributed by atoms with Gasteiger partial charge in [-0.25, -0.2) is 18.1 Å². The number of nitrogens with zero attached hydrogens (tertiary/aromatic N) is 4. The number of nitrogens with one attached hydrogen (secondary N) is 1. The largest absolute Gasteiger partial charge is 0.483 e. The third-order valence-electron chi connectivity index (χ3n) is 5.30. The molecular formula is C20H21N5O4S. The van der Waals surface area contributed by atoms with Crippen molar-refractivity contribution in [3.05, 3.63) is 41.6 Å². The number of hydrogen-bond donors (Lipinski definition) is 2. The summed E-state index contributed by atoms with van der Waals surface area (Å²) in [5, 5.41) is 21.0. The van der Waals surface area contributed by atoms with Crippen molar-refractivity contribution >= 4 is 38.2 Å². The van der Waals surface area contributed by atoms with Crippen molar-refractivity contribution in [3.63, 3.8) is 0 Å². The highest BCUT2D eigenvalue weighted by Crippen LogP contribution is 2.32. The van der Waals surface area contributed by atoms with Crippen molar-refractivity contribution in [3.8, 4) is 11.4 Å². The summed E-state index contributed by atoms with van der Waals surface area (Å²) >= 11 is 0. The number of carbonyl (C=O) groups is 1. The van der Waals surface area contributed by atoms with Crippen molar-refractivity contribution in [2.75, 3.05) is 11.5 Å². The molecule has 1 atom stereocenters. The van der Waals surface area contributed by atoms with E-state index in [0.717, 1.165) is 44.6 Å². The van der Waals surface area contributed by atoms with Crippen LogP contribution in [0.4, 0.5) is 0 Å². The number of aromatic nitrogens is 5. The zero-order valence-corrected chi connectivity index (χ0v) is 17.3. The number of pyridine rings is 1. The van der Waals surface area contributed by atoms with Gasteiger partial charge >= 0.3 is 0 Å². The number of hydrogen-bond acceptors (Lipinski definition) is 6. The van der Waals surface area contributed by atoms with Gasteiger partial charge in [-0.15, -0.1) is 0 Å². The van der Waals surface area contributed by atoms with Crippen LogP contribution < -0.4 is 0 Å². The Morgan fingerprint density at radius 2 is 2.00 bits per heavy atom. The molecule has 4 aromatic rings. The zero-order valence-electron chi connectivity index (χ0n) is 16.5. The number of rotatable bonds is 2. The summed E-state index contributed by atoms with van der Waals surface area (Å²) in [6, 6.07) is 9.80. The van der Waals surface area contributed by atoms with Gasteiger partial charge < -0.3 is 5.11 Å². The van der Waals surface area contributed by atoms with Crippen LogP contribution in [-0.4, -0.2) is 56.5 Å². The number of sulfone groups is 1. The van der Waals surface area contributed by atoms with E-state index in [-0.39, 0.29) is 24.0 Å². The molecule has 1 fully saturated rings. The SMILES string of the molecule is Cc1cc(-c2n[nH]c3ccccc23)nc2c1c(C)nn2C1CCS(=O)(=O)C1.O=CO.